The summed E-state index contributed by atoms with van der Waals surface area (Å²) < 4.78 is 8.16. The number of nitrogens with zero attached hydrogens (tertiary/aromatic N) is 2. The van der Waals surface area contributed by atoms with Gasteiger partial charge in [-0.25, -0.2) is 0 Å². The Morgan fingerprint density at radius 1 is 1.23 bits per heavy atom. The first-order valence-electron chi connectivity index (χ1n) is 9.09. The number of benzene rings is 1. The first-order valence-corrected chi connectivity index (χ1v) is 9.09. The maximum atomic E-state index is 6.04. The Kier molecular flexibility index (Phi) is 5.59. The maximum absolute atomic E-state index is 6.04. The van der Waals surface area contributed by atoms with E-state index in [0.717, 1.165) is 28.8 Å². The van der Waals surface area contributed by atoms with Crippen LogP contribution in [0, 0.1) is 12.8 Å². The van der Waals surface area contributed by atoms with Gasteiger partial charge in [0, 0.05) is 31.0 Å². The zero-order chi connectivity index (χ0) is 18.7. The van der Waals surface area contributed by atoms with Crippen LogP contribution in [0.2, 0.25) is 0 Å². The van der Waals surface area contributed by atoms with Crippen LogP contribution in [-0.2, 0) is 7.05 Å². The first-order chi connectivity index (χ1) is 12.5. The standard InChI is InChI=1S/C21H28N4O/c1-14(11-16(3)24-22)13-26-20-6-5-17(12-15(20)2)18-7-9-23-19-8-10-25(4)21(18)19/h5-10,12,14,16,24H,11,13,22H2,1-4H3. The topological polar surface area (TPSA) is 65.1 Å². The number of nitrogens with one attached hydrogen (secondary N) is 1. The van der Waals surface area contributed by atoms with E-state index in [0.29, 0.717) is 12.5 Å². The van der Waals surface area contributed by atoms with Crippen molar-refractivity contribution in [3.05, 3.63) is 48.3 Å². The van der Waals surface area contributed by atoms with E-state index in [1.54, 1.807) is 0 Å². The van der Waals surface area contributed by atoms with Crippen molar-refractivity contribution in [2.24, 2.45) is 18.8 Å². The lowest BCUT2D eigenvalue weighted by Gasteiger charge is -2.18. The molecule has 2 heterocycles. The number of hydrogen-bond acceptors (Lipinski definition) is 4. The minimum Gasteiger partial charge on any atom is -0.493 e. The molecule has 1 aromatic carbocycles. The van der Waals surface area contributed by atoms with Crippen LogP contribution in [0.15, 0.2) is 42.7 Å². The second-order valence-electron chi connectivity index (χ2n) is 7.22. The molecule has 0 aliphatic heterocycles. The molecule has 2 aromatic heterocycles. The number of rotatable bonds is 7. The second kappa shape index (κ2) is 7.89. The Labute approximate surface area is 155 Å². The number of ether oxygens (including phenoxy) is 1. The lowest BCUT2D eigenvalue weighted by molar-refractivity contribution is 0.239. The average molecular weight is 352 g/mol. The number of hydrogen-bond donors (Lipinski definition) is 2. The van der Waals surface area contributed by atoms with Crippen LogP contribution in [0.1, 0.15) is 25.8 Å². The van der Waals surface area contributed by atoms with Gasteiger partial charge in [-0.1, -0.05) is 13.0 Å². The van der Waals surface area contributed by atoms with E-state index in [1.165, 1.54) is 11.1 Å². The molecule has 0 bridgehead atoms. The van der Waals surface area contributed by atoms with Gasteiger partial charge in [0.15, 0.2) is 0 Å². The van der Waals surface area contributed by atoms with Crippen molar-refractivity contribution in [1.82, 2.24) is 15.0 Å². The minimum absolute atomic E-state index is 0.288. The summed E-state index contributed by atoms with van der Waals surface area (Å²) in [5, 5.41) is 0. The predicted molar refractivity (Wildman–Crippen MR) is 107 cm³/mol. The highest BCUT2D eigenvalue weighted by Crippen LogP contribution is 2.31. The molecule has 0 saturated heterocycles. The van der Waals surface area contributed by atoms with Crippen molar-refractivity contribution >= 4 is 11.0 Å². The van der Waals surface area contributed by atoms with E-state index in [9.17, 15) is 0 Å². The van der Waals surface area contributed by atoms with Crippen LogP contribution in [0.25, 0.3) is 22.2 Å². The Hall–Kier alpha value is -2.37. The van der Waals surface area contributed by atoms with E-state index in [1.807, 2.05) is 18.5 Å². The van der Waals surface area contributed by atoms with Crippen molar-refractivity contribution in [2.45, 2.75) is 33.2 Å². The predicted octanol–water partition coefficient (Wildman–Crippen LogP) is 3.81. The lowest BCUT2D eigenvalue weighted by Crippen LogP contribution is -2.34. The van der Waals surface area contributed by atoms with Gasteiger partial charge in [0.2, 0.25) is 0 Å². The summed E-state index contributed by atoms with van der Waals surface area (Å²) in [4.78, 5) is 4.45. The summed E-state index contributed by atoms with van der Waals surface area (Å²) in [5.74, 6) is 6.84. The summed E-state index contributed by atoms with van der Waals surface area (Å²) in [6.45, 7) is 7.04. The van der Waals surface area contributed by atoms with E-state index in [4.69, 9.17) is 10.6 Å². The quantitative estimate of drug-likeness (QED) is 0.501. The monoisotopic (exact) mass is 352 g/mol. The van der Waals surface area contributed by atoms with Crippen molar-refractivity contribution in [3.8, 4) is 16.9 Å². The molecule has 0 fully saturated rings. The Balaban J connectivity index is 1.78. The third kappa shape index (κ3) is 3.89. The number of nitrogens with two attached hydrogens (primary N) is 1. The summed E-state index contributed by atoms with van der Waals surface area (Å²) in [6, 6.07) is 10.8. The fraction of sp³-hybridized carbons (Fsp3) is 0.381. The van der Waals surface area contributed by atoms with Gasteiger partial charge < -0.3 is 9.30 Å². The molecular weight excluding hydrogens is 324 g/mol. The van der Waals surface area contributed by atoms with Crippen LogP contribution in [0.5, 0.6) is 5.75 Å². The normalized spacial score (nSPS) is 13.7. The smallest absolute Gasteiger partial charge is 0.122 e. The van der Waals surface area contributed by atoms with Gasteiger partial charge in [-0.2, -0.15) is 0 Å². The van der Waals surface area contributed by atoms with Crippen molar-refractivity contribution in [2.75, 3.05) is 6.61 Å². The number of aromatic nitrogens is 2. The van der Waals surface area contributed by atoms with Gasteiger partial charge in [0.05, 0.1) is 17.6 Å². The molecule has 3 aromatic rings. The number of aryl methyl sites for hydroxylation is 2. The highest BCUT2D eigenvalue weighted by atomic mass is 16.5. The number of hydrazine groups is 1. The molecule has 26 heavy (non-hydrogen) atoms. The number of pyridine rings is 1. The van der Waals surface area contributed by atoms with E-state index >= 15 is 0 Å². The SMILES string of the molecule is Cc1cc(-c2ccnc3ccn(C)c23)ccc1OCC(C)CC(C)NN. The van der Waals surface area contributed by atoms with Crippen molar-refractivity contribution < 1.29 is 4.74 Å². The van der Waals surface area contributed by atoms with Gasteiger partial charge in [-0.3, -0.25) is 16.3 Å². The second-order valence-corrected chi connectivity index (χ2v) is 7.22. The molecule has 0 radical (unpaired) electrons. The van der Waals surface area contributed by atoms with Crippen LogP contribution >= 0.6 is 0 Å². The van der Waals surface area contributed by atoms with Crippen LogP contribution in [-0.4, -0.2) is 22.2 Å². The molecule has 3 N–H and O–H groups in total. The third-order valence-electron chi connectivity index (χ3n) is 4.81. The molecule has 5 nitrogen and oxygen atoms in total. The molecule has 0 spiro atoms. The summed E-state index contributed by atoms with van der Waals surface area (Å²) in [5.41, 5.74) is 8.45. The lowest BCUT2D eigenvalue weighted by atomic mass is 10.0. The molecule has 0 aliphatic carbocycles. The molecule has 5 heteroatoms. The van der Waals surface area contributed by atoms with Gasteiger partial charge in [-0.15, -0.1) is 0 Å². The molecule has 2 unspecified atom stereocenters. The molecule has 2 atom stereocenters. The van der Waals surface area contributed by atoms with Gasteiger partial charge in [0.1, 0.15) is 5.75 Å². The Bertz CT molecular complexity index is 887. The van der Waals surface area contributed by atoms with Crippen molar-refractivity contribution in [1.29, 1.82) is 0 Å². The van der Waals surface area contributed by atoms with E-state index in [-0.39, 0.29) is 6.04 Å². The molecule has 0 aliphatic rings. The van der Waals surface area contributed by atoms with Crippen LogP contribution in [0.4, 0.5) is 0 Å². The van der Waals surface area contributed by atoms with Crippen LogP contribution < -0.4 is 16.0 Å². The highest BCUT2D eigenvalue weighted by Gasteiger charge is 2.12. The fourth-order valence-electron chi connectivity index (χ4n) is 3.40. The molecule has 3 rings (SSSR count). The highest BCUT2D eigenvalue weighted by molar-refractivity contribution is 5.92. The fourth-order valence-corrected chi connectivity index (χ4v) is 3.40. The number of fused-ring (bicyclic) bond motifs is 1. The van der Waals surface area contributed by atoms with E-state index < -0.39 is 0 Å². The molecule has 0 saturated carbocycles. The largest absolute Gasteiger partial charge is 0.493 e. The average Bonchev–Trinajstić information content (AvgIpc) is 3.02. The maximum Gasteiger partial charge on any atom is 0.122 e. The Morgan fingerprint density at radius 2 is 2.04 bits per heavy atom. The zero-order valence-corrected chi connectivity index (χ0v) is 16.0. The molecule has 0 amide bonds. The van der Waals surface area contributed by atoms with Crippen LogP contribution in [0.3, 0.4) is 0 Å². The van der Waals surface area contributed by atoms with E-state index in [2.05, 4.69) is 67.1 Å². The summed E-state index contributed by atoms with van der Waals surface area (Å²) in [6.07, 6.45) is 4.89. The van der Waals surface area contributed by atoms with Crippen molar-refractivity contribution in [3.63, 3.8) is 0 Å². The third-order valence-corrected chi connectivity index (χ3v) is 4.81. The van der Waals surface area contributed by atoms with Gasteiger partial charge in [-0.05, 0) is 61.6 Å². The molecule has 138 valence electrons. The summed E-state index contributed by atoms with van der Waals surface area (Å²) in [7, 11) is 2.05. The summed E-state index contributed by atoms with van der Waals surface area (Å²) >= 11 is 0. The molecular formula is C21H28N4O. The van der Waals surface area contributed by atoms with Gasteiger partial charge in [0.25, 0.3) is 0 Å². The first kappa shape index (κ1) is 18.4. The zero-order valence-electron chi connectivity index (χ0n) is 16.0. The van der Waals surface area contributed by atoms with Gasteiger partial charge >= 0.3 is 0 Å². The minimum atomic E-state index is 0.288. The Morgan fingerprint density at radius 3 is 2.77 bits per heavy atom.